The molecule has 7 heteroatoms. The lowest BCUT2D eigenvalue weighted by atomic mass is 10.2. The van der Waals surface area contributed by atoms with Crippen LogP contribution >= 0.6 is 15.9 Å². The molecule has 1 aromatic rings. The fraction of sp³-hybridized carbons (Fsp3) is 0.273. The van der Waals surface area contributed by atoms with E-state index in [1.54, 1.807) is 0 Å². The Morgan fingerprint density at radius 1 is 1.22 bits per heavy atom. The molecule has 2 N–H and O–H groups in total. The predicted octanol–water partition coefficient (Wildman–Crippen LogP) is 2.21. The Labute approximate surface area is 110 Å². The molecular weight excluding hydrogens is 312 g/mol. The minimum Gasteiger partial charge on any atom is -0.481 e. The number of amides is 1. The highest BCUT2D eigenvalue weighted by Gasteiger charge is 2.12. The molecule has 1 rings (SSSR count). The fourth-order valence-corrected chi connectivity index (χ4v) is 1.64. The summed E-state index contributed by atoms with van der Waals surface area (Å²) in [6.07, 6.45) is -0.549. The SMILES string of the molecule is O=C(O)CCC(=O)NCc1c(F)cc(Br)cc1F. The monoisotopic (exact) mass is 321 g/mol. The Balaban J connectivity index is 2.58. The predicted molar refractivity (Wildman–Crippen MR) is 62.8 cm³/mol. The van der Waals surface area contributed by atoms with Gasteiger partial charge in [-0.2, -0.15) is 0 Å². The molecular formula is C11H10BrF2NO3. The van der Waals surface area contributed by atoms with E-state index in [1.807, 2.05) is 0 Å². The Morgan fingerprint density at radius 3 is 2.28 bits per heavy atom. The standard InChI is InChI=1S/C11H10BrF2NO3/c12-6-3-8(13)7(9(14)4-6)5-15-10(16)1-2-11(17)18/h3-4H,1-2,5H2,(H,15,16)(H,17,18). The number of rotatable bonds is 5. The normalized spacial score (nSPS) is 10.2. The lowest BCUT2D eigenvalue weighted by Gasteiger charge is -2.07. The number of halogens is 3. The zero-order chi connectivity index (χ0) is 13.7. The maximum atomic E-state index is 13.4. The summed E-state index contributed by atoms with van der Waals surface area (Å²) in [4.78, 5) is 21.4. The van der Waals surface area contributed by atoms with Crippen molar-refractivity contribution in [3.8, 4) is 0 Å². The van der Waals surface area contributed by atoms with Crippen molar-refractivity contribution >= 4 is 27.8 Å². The number of carbonyl (C=O) groups is 2. The summed E-state index contributed by atoms with van der Waals surface area (Å²) in [7, 11) is 0. The highest BCUT2D eigenvalue weighted by Crippen LogP contribution is 2.19. The summed E-state index contributed by atoms with van der Waals surface area (Å²) >= 11 is 2.94. The molecule has 0 radical (unpaired) electrons. The average molecular weight is 322 g/mol. The molecule has 98 valence electrons. The van der Waals surface area contributed by atoms with Crippen LogP contribution < -0.4 is 5.32 Å². The molecule has 0 aliphatic heterocycles. The number of carbonyl (C=O) groups excluding carboxylic acids is 1. The topological polar surface area (TPSA) is 66.4 Å². The molecule has 0 aliphatic carbocycles. The van der Waals surface area contributed by atoms with Gasteiger partial charge >= 0.3 is 5.97 Å². The second-order valence-electron chi connectivity index (χ2n) is 3.52. The van der Waals surface area contributed by atoms with E-state index >= 15 is 0 Å². The van der Waals surface area contributed by atoms with Crippen LogP contribution in [0, 0.1) is 11.6 Å². The third kappa shape index (κ3) is 4.40. The fourth-order valence-electron chi connectivity index (χ4n) is 1.24. The third-order valence-electron chi connectivity index (χ3n) is 2.13. The van der Waals surface area contributed by atoms with Gasteiger partial charge in [-0.15, -0.1) is 0 Å². The molecule has 0 unspecified atom stereocenters. The number of aliphatic carboxylic acids is 1. The van der Waals surface area contributed by atoms with Gasteiger partial charge in [-0.3, -0.25) is 9.59 Å². The van der Waals surface area contributed by atoms with E-state index in [9.17, 15) is 18.4 Å². The molecule has 0 spiro atoms. The lowest BCUT2D eigenvalue weighted by molar-refractivity contribution is -0.138. The van der Waals surface area contributed by atoms with E-state index in [1.165, 1.54) is 0 Å². The number of benzene rings is 1. The van der Waals surface area contributed by atoms with Gasteiger partial charge in [0.1, 0.15) is 11.6 Å². The van der Waals surface area contributed by atoms with Crippen molar-refractivity contribution in [2.45, 2.75) is 19.4 Å². The van der Waals surface area contributed by atoms with Gasteiger partial charge in [0, 0.05) is 23.0 Å². The van der Waals surface area contributed by atoms with Crippen LogP contribution in [0.1, 0.15) is 18.4 Å². The summed E-state index contributed by atoms with van der Waals surface area (Å²) in [5, 5.41) is 10.6. The van der Waals surface area contributed by atoms with Crippen molar-refractivity contribution in [1.82, 2.24) is 5.32 Å². The van der Waals surface area contributed by atoms with Crippen LogP contribution in [-0.2, 0) is 16.1 Å². The average Bonchev–Trinajstić information content (AvgIpc) is 2.24. The van der Waals surface area contributed by atoms with Gasteiger partial charge in [-0.1, -0.05) is 15.9 Å². The van der Waals surface area contributed by atoms with E-state index in [-0.39, 0.29) is 29.4 Å². The number of carboxylic acids is 1. The van der Waals surface area contributed by atoms with Crippen molar-refractivity contribution in [2.75, 3.05) is 0 Å². The van der Waals surface area contributed by atoms with Crippen LogP contribution in [0.3, 0.4) is 0 Å². The molecule has 0 atom stereocenters. The Kier molecular flexibility index (Phi) is 5.21. The van der Waals surface area contributed by atoms with Gasteiger partial charge in [0.25, 0.3) is 0 Å². The van der Waals surface area contributed by atoms with Crippen LogP contribution in [0.4, 0.5) is 8.78 Å². The minimum atomic E-state index is -1.11. The smallest absolute Gasteiger partial charge is 0.303 e. The van der Waals surface area contributed by atoms with Crippen LogP contribution in [0.25, 0.3) is 0 Å². The van der Waals surface area contributed by atoms with Crippen molar-refractivity contribution in [2.24, 2.45) is 0 Å². The largest absolute Gasteiger partial charge is 0.481 e. The first kappa shape index (κ1) is 14.6. The summed E-state index contributed by atoms with van der Waals surface area (Å²) < 4.78 is 27.0. The summed E-state index contributed by atoms with van der Waals surface area (Å²) in [6, 6.07) is 2.17. The third-order valence-corrected chi connectivity index (χ3v) is 2.59. The molecule has 18 heavy (non-hydrogen) atoms. The second kappa shape index (κ2) is 6.44. The molecule has 0 aromatic heterocycles. The summed E-state index contributed by atoms with van der Waals surface area (Å²) in [6.45, 7) is -0.316. The van der Waals surface area contributed by atoms with Gasteiger partial charge in [0.15, 0.2) is 0 Å². The van der Waals surface area contributed by atoms with Crippen LogP contribution in [0.5, 0.6) is 0 Å². The Bertz CT molecular complexity index is 456. The molecule has 1 amide bonds. The molecule has 0 heterocycles. The quantitative estimate of drug-likeness (QED) is 0.873. The van der Waals surface area contributed by atoms with Crippen molar-refractivity contribution < 1.29 is 23.5 Å². The maximum Gasteiger partial charge on any atom is 0.303 e. The first-order chi connectivity index (χ1) is 8.40. The molecule has 0 bridgehead atoms. The zero-order valence-electron chi connectivity index (χ0n) is 9.17. The summed E-state index contributed by atoms with van der Waals surface area (Å²) in [5.41, 5.74) is -0.262. The first-order valence-corrected chi connectivity index (χ1v) is 5.81. The zero-order valence-corrected chi connectivity index (χ0v) is 10.8. The van der Waals surface area contributed by atoms with Gasteiger partial charge in [0.2, 0.25) is 5.91 Å². The van der Waals surface area contributed by atoms with E-state index in [0.29, 0.717) is 0 Å². The number of nitrogens with one attached hydrogen (secondary N) is 1. The molecule has 0 aliphatic rings. The maximum absolute atomic E-state index is 13.4. The number of hydrogen-bond donors (Lipinski definition) is 2. The van der Waals surface area contributed by atoms with E-state index < -0.39 is 23.5 Å². The lowest BCUT2D eigenvalue weighted by Crippen LogP contribution is -2.24. The van der Waals surface area contributed by atoms with Crippen molar-refractivity contribution in [3.05, 3.63) is 33.8 Å². The van der Waals surface area contributed by atoms with Crippen molar-refractivity contribution in [3.63, 3.8) is 0 Å². The van der Waals surface area contributed by atoms with Crippen molar-refractivity contribution in [1.29, 1.82) is 0 Å². The van der Waals surface area contributed by atoms with Gasteiger partial charge in [0.05, 0.1) is 6.42 Å². The number of hydrogen-bond acceptors (Lipinski definition) is 2. The van der Waals surface area contributed by atoms with Crippen LogP contribution in [0.2, 0.25) is 0 Å². The molecule has 0 saturated heterocycles. The minimum absolute atomic E-state index is 0.227. The van der Waals surface area contributed by atoms with Crippen LogP contribution in [0.15, 0.2) is 16.6 Å². The van der Waals surface area contributed by atoms with Gasteiger partial charge in [-0.25, -0.2) is 8.78 Å². The first-order valence-electron chi connectivity index (χ1n) is 5.02. The Hall–Kier alpha value is -1.50. The molecule has 0 saturated carbocycles. The van der Waals surface area contributed by atoms with E-state index in [4.69, 9.17) is 5.11 Å². The van der Waals surface area contributed by atoms with E-state index in [0.717, 1.165) is 12.1 Å². The van der Waals surface area contributed by atoms with Gasteiger partial charge < -0.3 is 10.4 Å². The van der Waals surface area contributed by atoms with Gasteiger partial charge in [-0.05, 0) is 12.1 Å². The van der Waals surface area contributed by atoms with Crippen LogP contribution in [-0.4, -0.2) is 17.0 Å². The number of carboxylic acid groups (broad SMARTS) is 1. The highest BCUT2D eigenvalue weighted by molar-refractivity contribution is 9.10. The Morgan fingerprint density at radius 2 is 1.78 bits per heavy atom. The highest BCUT2D eigenvalue weighted by atomic mass is 79.9. The molecule has 0 fully saturated rings. The summed E-state index contributed by atoms with van der Waals surface area (Å²) in [5.74, 6) is -3.23. The van der Waals surface area contributed by atoms with E-state index in [2.05, 4.69) is 21.2 Å². The molecule has 1 aromatic carbocycles. The molecule has 4 nitrogen and oxygen atoms in total. The second-order valence-corrected chi connectivity index (χ2v) is 4.43.